The number of hydrogen-bond donors (Lipinski definition) is 2. The Hall–Kier alpha value is -0.940. The van der Waals surface area contributed by atoms with Crippen molar-refractivity contribution >= 4 is 0 Å². The van der Waals surface area contributed by atoms with Gasteiger partial charge in [0.2, 0.25) is 0 Å². The smallest absolute Gasteiger partial charge is 0.137 e. The van der Waals surface area contributed by atoms with Crippen molar-refractivity contribution < 1.29 is 5.11 Å². The molecule has 0 aliphatic rings. The average molecular weight is 184 g/mol. The predicted octanol–water partition coefficient (Wildman–Crippen LogP) is -0.363. The van der Waals surface area contributed by atoms with Crippen LogP contribution in [0.2, 0.25) is 0 Å². The number of aromatic nitrogens is 3. The second kappa shape index (κ2) is 4.94. The first kappa shape index (κ1) is 10.1. The lowest BCUT2D eigenvalue weighted by atomic mass is 10.2. The van der Waals surface area contributed by atoms with Crippen molar-refractivity contribution in [3.63, 3.8) is 0 Å². The van der Waals surface area contributed by atoms with Crippen LogP contribution in [-0.4, -0.2) is 38.6 Å². The van der Waals surface area contributed by atoms with Crippen LogP contribution in [0, 0.1) is 0 Å². The molecule has 0 aliphatic heterocycles. The van der Waals surface area contributed by atoms with Gasteiger partial charge in [-0.15, -0.1) is 0 Å². The fourth-order valence-corrected chi connectivity index (χ4v) is 1.19. The maximum atomic E-state index is 9.05. The summed E-state index contributed by atoms with van der Waals surface area (Å²) in [4.78, 5) is 3.83. The summed E-state index contributed by atoms with van der Waals surface area (Å²) >= 11 is 0. The van der Waals surface area contributed by atoms with Crippen LogP contribution < -0.4 is 5.32 Å². The number of aliphatic hydroxyl groups is 1. The predicted molar refractivity (Wildman–Crippen MR) is 49.2 cm³/mol. The van der Waals surface area contributed by atoms with E-state index in [0.717, 1.165) is 0 Å². The van der Waals surface area contributed by atoms with Crippen LogP contribution in [0.4, 0.5) is 0 Å². The average Bonchev–Trinajstić information content (AvgIpc) is 2.55. The first-order valence-electron chi connectivity index (χ1n) is 4.41. The van der Waals surface area contributed by atoms with E-state index in [9.17, 15) is 0 Å². The number of nitrogens with zero attached hydrogens (tertiary/aromatic N) is 3. The van der Waals surface area contributed by atoms with Crippen LogP contribution >= 0.6 is 0 Å². The SMILES string of the molecule is CC(C)NC(CO)Cn1cncn1. The van der Waals surface area contributed by atoms with Crippen molar-refractivity contribution in [1.29, 1.82) is 0 Å². The molecule has 0 radical (unpaired) electrons. The van der Waals surface area contributed by atoms with Gasteiger partial charge in [-0.1, -0.05) is 13.8 Å². The van der Waals surface area contributed by atoms with Gasteiger partial charge in [-0.3, -0.25) is 4.68 Å². The molecule has 0 bridgehead atoms. The molecule has 5 nitrogen and oxygen atoms in total. The molecule has 1 unspecified atom stereocenters. The Bertz CT molecular complexity index is 222. The van der Waals surface area contributed by atoms with E-state index in [0.29, 0.717) is 12.6 Å². The third-order valence-corrected chi connectivity index (χ3v) is 1.66. The molecule has 0 fully saturated rings. The minimum absolute atomic E-state index is 0.0432. The normalized spacial score (nSPS) is 13.5. The highest BCUT2D eigenvalue weighted by Gasteiger charge is 2.08. The lowest BCUT2D eigenvalue weighted by Gasteiger charge is -2.18. The largest absolute Gasteiger partial charge is 0.395 e. The maximum Gasteiger partial charge on any atom is 0.137 e. The van der Waals surface area contributed by atoms with Crippen LogP contribution in [0.1, 0.15) is 13.8 Å². The van der Waals surface area contributed by atoms with Crippen molar-refractivity contribution in [3.8, 4) is 0 Å². The lowest BCUT2D eigenvalue weighted by Crippen LogP contribution is -2.40. The Labute approximate surface area is 77.8 Å². The zero-order valence-electron chi connectivity index (χ0n) is 8.01. The first-order valence-corrected chi connectivity index (χ1v) is 4.41. The molecule has 1 atom stereocenters. The summed E-state index contributed by atoms with van der Waals surface area (Å²) in [6.45, 7) is 4.85. The highest BCUT2D eigenvalue weighted by Crippen LogP contribution is 1.91. The molecule has 13 heavy (non-hydrogen) atoms. The summed E-state index contributed by atoms with van der Waals surface area (Å²) in [6.07, 6.45) is 3.13. The number of rotatable bonds is 5. The Morgan fingerprint density at radius 2 is 2.31 bits per heavy atom. The van der Waals surface area contributed by atoms with E-state index in [2.05, 4.69) is 15.4 Å². The second-order valence-corrected chi connectivity index (χ2v) is 3.32. The minimum Gasteiger partial charge on any atom is -0.395 e. The van der Waals surface area contributed by atoms with E-state index >= 15 is 0 Å². The standard InChI is InChI=1S/C8H16N4O/c1-7(2)11-8(4-13)3-12-6-9-5-10-12/h5-8,11,13H,3-4H2,1-2H3. The molecule has 0 spiro atoms. The van der Waals surface area contributed by atoms with Crippen LogP contribution in [0.25, 0.3) is 0 Å². The molecule has 74 valence electrons. The van der Waals surface area contributed by atoms with Crippen molar-refractivity contribution in [2.75, 3.05) is 6.61 Å². The molecule has 0 aromatic carbocycles. The lowest BCUT2D eigenvalue weighted by molar-refractivity contribution is 0.218. The monoisotopic (exact) mass is 184 g/mol. The molecule has 0 amide bonds. The van der Waals surface area contributed by atoms with Crippen LogP contribution in [0.5, 0.6) is 0 Å². The van der Waals surface area contributed by atoms with Gasteiger partial charge in [0.05, 0.1) is 19.2 Å². The molecular weight excluding hydrogens is 168 g/mol. The molecule has 1 aromatic heterocycles. The Morgan fingerprint density at radius 1 is 1.54 bits per heavy atom. The van der Waals surface area contributed by atoms with Gasteiger partial charge in [0, 0.05) is 6.04 Å². The summed E-state index contributed by atoms with van der Waals surface area (Å²) < 4.78 is 1.70. The van der Waals surface area contributed by atoms with Gasteiger partial charge >= 0.3 is 0 Å². The van der Waals surface area contributed by atoms with Gasteiger partial charge in [-0.2, -0.15) is 5.10 Å². The van der Waals surface area contributed by atoms with Crippen LogP contribution in [0.15, 0.2) is 12.7 Å². The number of hydrogen-bond acceptors (Lipinski definition) is 4. The topological polar surface area (TPSA) is 63.0 Å². The third kappa shape index (κ3) is 3.52. The molecule has 0 saturated heterocycles. The molecule has 5 heteroatoms. The van der Waals surface area contributed by atoms with Gasteiger partial charge in [0.15, 0.2) is 0 Å². The van der Waals surface area contributed by atoms with E-state index in [1.807, 2.05) is 13.8 Å². The molecule has 1 heterocycles. The van der Waals surface area contributed by atoms with Crippen molar-refractivity contribution in [2.24, 2.45) is 0 Å². The third-order valence-electron chi connectivity index (χ3n) is 1.66. The second-order valence-electron chi connectivity index (χ2n) is 3.32. The van der Waals surface area contributed by atoms with Crippen LogP contribution in [-0.2, 0) is 6.54 Å². The highest BCUT2D eigenvalue weighted by atomic mass is 16.3. The minimum atomic E-state index is 0.0432. The van der Waals surface area contributed by atoms with Gasteiger partial charge in [-0.05, 0) is 0 Å². The first-order chi connectivity index (χ1) is 6.22. The summed E-state index contributed by atoms with van der Waals surface area (Å²) in [6, 6.07) is 0.405. The Balaban J connectivity index is 2.40. The van der Waals surface area contributed by atoms with E-state index in [4.69, 9.17) is 5.11 Å². The number of nitrogens with one attached hydrogen (secondary N) is 1. The van der Waals surface area contributed by atoms with Gasteiger partial charge < -0.3 is 10.4 Å². The fourth-order valence-electron chi connectivity index (χ4n) is 1.19. The maximum absolute atomic E-state index is 9.05. The Kier molecular flexibility index (Phi) is 3.85. The molecule has 1 aromatic rings. The molecule has 0 saturated carbocycles. The van der Waals surface area contributed by atoms with Gasteiger partial charge in [0.1, 0.15) is 12.7 Å². The quantitative estimate of drug-likeness (QED) is 0.656. The summed E-state index contributed by atoms with van der Waals surface area (Å²) in [7, 11) is 0. The molecule has 0 aliphatic carbocycles. The summed E-state index contributed by atoms with van der Waals surface area (Å²) in [5.41, 5.74) is 0. The van der Waals surface area contributed by atoms with Gasteiger partial charge in [0.25, 0.3) is 0 Å². The zero-order valence-corrected chi connectivity index (χ0v) is 8.01. The summed E-state index contributed by atoms with van der Waals surface area (Å²) in [5, 5.41) is 16.2. The number of aliphatic hydroxyl groups excluding tert-OH is 1. The Morgan fingerprint density at radius 3 is 2.77 bits per heavy atom. The van der Waals surface area contributed by atoms with Gasteiger partial charge in [-0.25, -0.2) is 4.98 Å². The fraction of sp³-hybridized carbons (Fsp3) is 0.750. The highest BCUT2D eigenvalue weighted by molar-refractivity contribution is 4.69. The van der Waals surface area contributed by atoms with Crippen molar-refractivity contribution in [3.05, 3.63) is 12.7 Å². The van der Waals surface area contributed by atoms with Crippen LogP contribution in [0.3, 0.4) is 0 Å². The molecule has 2 N–H and O–H groups in total. The van der Waals surface area contributed by atoms with E-state index < -0.39 is 0 Å². The molecular formula is C8H16N4O. The van der Waals surface area contributed by atoms with Crippen molar-refractivity contribution in [1.82, 2.24) is 20.1 Å². The van der Waals surface area contributed by atoms with Crippen molar-refractivity contribution in [2.45, 2.75) is 32.5 Å². The molecule has 1 rings (SSSR count). The summed E-state index contributed by atoms with van der Waals surface area (Å²) in [5.74, 6) is 0. The van der Waals surface area contributed by atoms with E-state index in [1.54, 1.807) is 11.0 Å². The van der Waals surface area contributed by atoms with E-state index in [-0.39, 0.29) is 12.6 Å². The zero-order chi connectivity index (χ0) is 9.68. The van der Waals surface area contributed by atoms with E-state index in [1.165, 1.54) is 6.33 Å².